The van der Waals surface area contributed by atoms with Crippen molar-refractivity contribution in [1.82, 2.24) is 9.88 Å². The third kappa shape index (κ3) is 5.09. The van der Waals surface area contributed by atoms with Crippen LogP contribution in [-0.4, -0.2) is 27.6 Å². The van der Waals surface area contributed by atoms with E-state index in [0.29, 0.717) is 19.4 Å². The third-order valence-electron chi connectivity index (χ3n) is 6.48. The van der Waals surface area contributed by atoms with Crippen LogP contribution in [0, 0.1) is 5.92 Å². The van der Waals surface area contributed by atoms with Crippen LogP contribution in [0.15, 0.2) is 10.9 Å². The predicted octanol–water partition coefficient (Wildman–Crippen LogP) is 3.68. The molecular weight excluding hydrogens is 368 g/mol. The van der Waals surface area contributed by atoms with E-state index in [1.165, 1.54) is 12.8 Å². The molecule has 6 nitrogen and oxygen atoms in total. The maximum atomic E-state index is 13.2. The van der Waals surface area contributed by atoms with Gasteiger partial charge in [-0.25, -0.2) is 0 Å². The van der Waals surface area contributed by atoms with Gasteiger partial charge in [-0.15, -0.1) is 0 Å². The molecule has 0 aliphatic heterocycles. The number of carboxylic acids is 1. The van der Waals surface area contributed by atoms with Crippen LogP contribution in [0.2, 0.25) is 0 Å². The Kier molecular flexibility index (Phi) is 7.51. The van der Waals surface area contributed by atoms with Crippen LogP contribution in [0.3, 0.4) is 0 Å². The van der Waals surface area contributed by atoms with Crippen LogP contribution in [0.4, 0.5) is 0 Å². The van der Waals surface area contributed by atoms with Crippen molar-refractivity contribution in [3.05, 3.63) is 33.2 Å². The van der Waals surface area contributed by atoms with Gasteiger partial charge >= 0.3 is 5.97 Å². The summed E-state index contributed by atoms with van der Waals surface area (Å²) in [4.78, 5) is 37.8. The van der Waals surface area contributed by atoms with Gasteiger partial charge in [0.1, 0.15) is 5.56 Å². The zero-order valence-electron chi connectivity index (χ0n) is 17.5. The van der Waals surface area contributed by atoms with Crippen molar-refractivity contribution in [2.24, 2.45) is 5.92 Å². The Hall–Kier alpha value is -2.11. The molecule has 0 aromatic carbocycles. The highest BCUT2D eigenvalue weighted by Crippen LogP contribution is 2.25. The molecule has 1 aromatic rings. The summed E-state index contributed by atoms with van der Waals surface area (Å²) in [5.41, 5.74) is 2.16. The number of carbonyl (C=O) groups is 2. The van der Waals surface area contributed by atoms with Crippen LogP contribution in [0.5, 0.6) is 0 Å². The second-order valence-electron chi connectivity index (χ2n) is 8.56. The molecule has 1 heterocycles. The standard InChI is InChI=1S/C23H34N2O4/c1-2-3-14-25-20-13-7-5-4-6-10-16(20)15-18(22(25)27)21(26)24-19-12-9-8-11-17(19)23(28)29/h15,17,19H,2-14H2,1H3,(H,24,26)(H,28,29). The van der Waals surface area contributed by atoms with Gasteiger partial charge in [0.05, 0.1) is 5.92 Å². The van der Waals surface area contributed by atoms with Gasteiger partial charge in [-0.05, 0) is 56.6 Å². The van der Waals surface area contributed by atoms with Crippen molar-refractivity contribution in [3.8, 4) is 0 Å². The molecule has 0 radical (unpaired) electrons. The van der Waals surface area contributed by atoms with Crippen molar-refractivity contribution in [3.63, 3.8) is 0 Å². The first-order valence-electron chi connectivity index (χ1n) is 11.3. The second-order valence-corrected chi connectivity index (χ2v) is 8.56. The van der Waals surface area contributed by atoms with E-state index in [1.54, 1.807) is 6.07 Å². The Morgan fingerprint density at radius 2 is 1.83 bits per heavy atom. The van der Waals surface area contributed by atoms with Crippen LogP contribution < -0.4 is 10.9 Å². The van der Waals surface area contributed by atoms with Crippen molar-refractivity contribution in [2.75, 3.05) is 0 Å². The van der Waals surface area contributed by atoms with E-state index in [0.717, 1.165) is 62.6 Å². The van der Waals surface area contributed by atoms with Crippen molar-refractivity contribution in [1.29, 1.82) is 0 Å². The number of aryl methyl sites for hydroxylation is 1. The number of nitrogens with zero attached hydrogens (tertiary/aromatic N) is 1. The highest BCUT2D eigenvalue weighted by molar-refractivity contribution is 5.94. The summed E-state index contributed by atoms with van der Waals surface area (Å²) >= 11 is 0. The van der Waals surface area contributed by atoms with E-state index in [9.17, 15) is 19.5 Å². The Morgan fingerprint density at radius 3 is 2.55 bits per heavy atom. The number of pyridine rings is 1. The fourth-order valence-corrected chi connectivity index (χ4v) is 4.79. The molecule has 6 heteroatoms. The first kappa shape index (κ1) is 21.6. The summed E-state index contributed by atoms with van der Waals surface area (Å²) in [5.74, 6) is -1.85. The average molecular weight is 403 g/mol. The van der Waals surface area contributed by atoms with E-state index in [2.05, 4.69) is 12.2 Å². The molecule has 2 aliphatic carbocycles. The minimum absolute atomic E-state index is 0.176. The van der Waals surface area contributed by atoms with E-state index < -0.39 is 23.8 Å². The van der Waals surface area contributed by atoms with Gasteiger partial charge in [0.25, 0.3) is 11.5 Å². The molecule has 2 unspecified atom stereocenters. The molecule has 3 rings (SSSR count). The summed E-state index contributed by atoms with van der Waals surface area (Å²) in [7, 11) is 0. The van der Waals surface area contributed by atoms with Gasteiger partial charge in [-0.2, -0.15) is 0 Å². The number of carboxylic acid groups (broad SMARTS) is 1. The second kappa shape index (κ2) is 10.1. The monoisotopic (exact) mass is 402 g/mol. The summed E-state index contributed by atoms with van der Waals surface area (Å²) in [6, 6.07) is 1.39. The lowest BCUT2D eigenvalue weighted by Crippen LogP contribution is -2.47. The third-order valence-corrected chi connectivity index (χ3v) is 6.48. The molecule has 2 aliphatic rings. The SMILES string of the molecule is CCCCn1c2c(cc(C(=O)NC3CCCCC3C(=O)O)c1=O)CCCCCC2. The maximum absolute atomic E-state index is 13.2. The van der Waals surface area contributed by atoms with Crippen LogP contribution in [-0.2, 0) is 24.2 Å². The Morgan fingerprint density at radius 1 is 1.10 bits per heavy atom. The molecule has 1 aromatic heterocycles. The molecule has 29 heavy (non-hydrogen) atoms. The number of unbranched alkanes of at least 4 members (excludes halogenated alkanes) is 1. The highest BCUT2D eigenvalue weighted by Gasteiger charge is 2.32. The normalized spacial score (nSPS) is 22.2. The van der Waals surface area contributed by atoms with Crippen LogP contribution >= 0.6 is 0 Å². The molecule has 1 amide bonds. The first-order valence-corrected chi connectivity index (χ1v) is 11.3. The molecular formula is C23H34N2O4. The van der Waals surface area contributed by atoms with Gasteiger partial charge in [0.15, 0.2) is 0 Å². The van der Waals surface area contributed by atoms with Gasteiger partial charge < -0.3 is 15.0 Å². The summed E-state index contributed by atoms with van der Waals surface area (Å²) in [5, 5.41) is 12.4. The number of nitrogens with one attached hydrogen (secondary N) is 1. The number of aromatic nitrogens is 1. The van der Waals surface area contributed by atoms with Crippen molar-refractivity contribution in [2.45, 2.75) is 96.6 Å². The minimum atomic E-state index is -0.867. The van der Waals surface area contributed by atoms with E-state index in [4.69, 9.17) is 0 Å². The molecule has 160 valence electrons. The van der Waals surface area contributed by atoms with Crippen molar-refractivity contribution < 1.29 is 14.7 Å². The molecule has 0 spiro atoms. The number of fused-ring (bicyclic) bond motifs is 1. The Labute approximate surface area is 172 Å². The fraction of sp³-hybridized carbons (Fsp3) is 0.696. The number of hydrogen-bond donors (Lipinski definition) is 2. The minimum Gasteiger partial charge on any atom is -0.481 e. The fourth-order valence-electron chi connectivity index (χ4n) is 4.79. The number of hydrogen-bond acceptors (Lipinski definition) is 3. The van der Waals surface area contributed by atoms with Crippen LogP contribution in [0.1, 0.15) is 92.7 Å². The van der Waals surface area contributed by atoms with E-state index in [-0.39, 0.29) is 11.1 Å². The summed E-state index contributed by atoms with van der Waals surface area (Å²) in [6.07, 6.45) is 11.2. The average Bonchev–Trinajstić information content (AvgIpc) is 2.68. The van der Waals surface area contributed by atoms with Crippen LogP contribution in [0.25, 0.3) is 0 Å². The topological polar surface area (TPSA) is 88.4 Å². The number of rotatable bonds is 6. The van der Waals surface area contributed by atoms with Gasteiger partial charge in [0.2, 0.25) is 0 Å². The molecule has 1 fully saturated rings. The molecule has 2 N–H and O–H groups in total. The van der Waals surface area contributed by atoms with Gasteiger partial charge in [0, 0.05) is 18.3 Å². The molecule has 0 bridgehead atoms. The quantitative estimate of drug-likeness (QED) is 0.760. The lowest BCUT2D eigenvalue weighted by atomic mass is 9.84. The maximum Gasteiger partial charge on any atom is 0.308 e. The van der Waals surface area contributed by atoms with Gasteiger partial charge in [-0.3, -0.25) is 14.4 Å². The molecule has 0 saturated heterocycles. The summed E-state index contributed by atoms with van der Waals surface area (Å²) < 4.78 is 1.83. The number of amides is 1. The number of aliphatic carboxylic acids is 1. The largest absolute Gasteiger partial charge is 0.481 e. The lowest BCUT2D eigenvalue weighted by Gasteiger charge is -2.29. The first-order chi connectivity index (χ1) is 14.0. The van der Waals surface area contributed by atoms with E-state index in [1.807, 2.05) is 4.57 Å². The highest BCUT2D eigenvalue weighted by atomic mass is 16.4. The zero-order chi connectivity index (χ0) is 20.8. The smallest absolute Gasteiger partial charge is 0.308 e. The summed E-state index contributed by atoms with van der Waals surface area (Å²) in [6.45, 7) is 2.74. The number of carbonyl (C=O) groups excluding carboxylic acids is 1. The van der Waals surface area contributed by atoms with Gasteiger partial charge in [-0.1, -0.05) is 39.0 Å². The predicted molar refractivity (Wildman–Crippen MR) is 112 cm³/mol. The molecule has 1 saturated carbocycles. The zero-order valence-corrected chi connectivity index (χ0v) is 17.5. The Balaban J connectivity index is 1.92. The Bertz CT molecular complexity index is 799. The van der Waals surface area contributed by atoms with Crippen molar-refractivity contribution >= 4 is 11.9 Å². The molecule has 2 atom stereocenters. The van der Waals surface area contributed by atoms with E-state index >= 15 is 0 Å². The lowest BCUT2D eigenvalue weighted by molar-refractivity contribution is -0.143.